The van der Waals surface area contributed by atoms with Crippen molar-refractivity contribution in [3.8, 4) is 11.8 Å². The third kappa shape index (κ3) is 4.60. The fraction of sp³-hybridized carbons (Fsp3) is 0.300. The first-order chi connectivity index (χ1) is 11.5. The number of aryl methyl sites for hydroxylation is 1. The molecule has 4 nitrogen and oxygen atoms in total. The molecule has 4 heteroatoms. The molecule has 0 saturated heterocycles. The second kappa shape index (κ2) is 8.16. The molecular weight excluding hydrogens is 300 g/mol. The van der Waals surface area contributed by atoms with Crippen LogP contribution in [0, 0.1) is 18.3 Å². The zero-order chi connectivity index (χ0) is 17.5. The summed E-state index contributed by atoms with van der Waals surface area (Å²) in [6.07, 6.45) is 0.190. The van der Waals surface area contributed by atoms with E-state index < -0.39 is 6.10 Å². The van der Waals surface area contributed by atoms with E-state index in [0.29, 0.717) is 11.3 Å². The first-order valence-electron chi connectivity index (χ1n) is 8.07. The Balaban J connectivity index is 1.98. The predicted molar refractivity (Wildman–Crippen MR) is 93.6 cm³/mol. The molecular formula is C20H22N2O2. The highest BCUT2D eigenvalue weighted by atomic mass is 16.5. The van der Waals surface area contributed by atoms with E-state index in [4.69, 9.17) is 10.00 Å². The van der Waals surface area contributed by atoms with Crippen molar-refractivity contribution in [2.24, 2.45) is 0 Å². The molecule has 2 aromatic rings. The van der Waals surface area contributed by atoms with Crippen LogP contribution in [0.3, 0.4) is 0 Å². The van der Waals surface area contributed by atoms with Gasteiger partial charge in [0.15, 0.2) is 6.10 Å². The number of carbonyl (C=O) groups excluding carboxylic acids is 1. The highest BCUT2D eigenvalue weighted by Gasteiger charge is 2.19. The van der Waals surface area contributed by atoms with Crippen LogP contribution in [0.15, 0.2) is 48.5 Å². The van der Waals surface area contributed by atoms with Crippen molar-refractivity contribution >= 4 is 5.91 Å². The fourth-order valence-electron chi connectivity index (χ4n) is 2.37. The van der Waals surface area contributed by atoms with E-state index in [2.05, 4.69) is 11.4 Å². The van der Waals surface area contributed by atoms with Crippen LogP contribution in [0.2, 0.25) is 0 Å². The van der Waals surface area contributed by atoms with Gasteiger partial charge in [0.25, 0.3) is 5.91 Å². The summed E-state index contributed by atoms with van der Waals surface area (Å²) in [4.78, 5) is 12.4. The van der Waals surface area contributed by atoms with E-state index in [9.17, 15) is 4.79 Å². The summed E-state index contributed by atoms with van der Waals surface area (Å²) in [5.41, 5.74) is 2.84. The van der Waals surface area contributed by atoms with Gasteiger partial charge >= 0.3 is 0 Å². The van der Waals surface area contributed by atoms with Gasteiger partial charge in [0, 0.05) is 0 Å². The normalized spacial score (nSPS) is 12.8. The number of hydrogen-bond acceptors (Lipinski definition) is 3. The molecule has 124 valence electrons. The zero-order valence-electron chi connectivity index (χ0n) is 14.2. The van der Waals surface area contributed by atoms with E-state index >= 15 is 0 Å². The van der Waals surface area contributed by atoms with Crippen molar-refractivity contribution in [2.75, 3.05) is 0 Å². The molecule has 24 heavy (non-hydrogen) atoms. The van der Waals surface area contributed by atoms with E-state index in [-0.39, 0.29) is 11.9 Å². The Labute approximate surface area is 143 Å². The van der Waals surface area contributed by atoms with Crippen LogP contribution in [-0.2, 0) is 4.79 Å². The van der Waals surface area contributed by atoms with Gasteiger partial charge in [-0.15, -0.1) is 0 Å². The van der Waals surface area contributed by atoms with Gasteiger partial charge in [-0.25, -0.2) is 0 Å². The summed E-state index contributed by atoms with van der Waals surface area (Å²) in [5.74, 6) is 0.409. The quantitative estimate of drug-likeness (QED) is 0.877. The van der Waals surface area contributed by atoms with E-state index in [0.717, 1.165) is 12.0 Å². The van der Waals surface area contributed by atoms with E-state index in [1.807, 2.05) is 38.1 Å². The van der Waals surface area contributed by atoms with Gasteiger partial charge in [0.05, 0.1) is 17.7 Å². The van der Waals surface area contributed by atoms with Gasteiger partial charge in [0.1, 0.15) is 5.75 Å². The molecule has 0 fully saturated rings. The minimum absolute atomic E-state index is 0.0369. The predicted octanol–water partition coefficient (Wildman–Crippen LogP) is 3.90. The SMILES string of the molecule is CCC(NC(=O)C(C)Oc1ccc(C#N)cc1)c1ccc(C)cc1. The van der Waals surface area contributed by atoms with E-state index in [1.54, 1.807) is 31.2 Å². The maximum absolute atomic E-state index is 12.4. The topological polar surface area (TPSA) is 62.1 Å². The number of hydrogen-bond donors (Lipinski definition) is 1. The number of nitrogens with one attached hydrogen (secondary N) is 1. The van der Waals surface area contributed by atoms with Gasteiger partial charge < -0.3 is 10.1 Å². The van der Waals surface area contributed by atoms with Crippen LogP contribution in [0.25, 0.3) is 0 Å². The van der Waals surface area contributed by atoms with Crippen LogP contribution in [0.4, 0.5) is 0 Å². The first kappa shape index (κ1) is 17.6. The fourth-order valence-corrected chi connectivity index (χ4v) is 2.37. The van der Waals surface area contributed by atoms with Gasteiger partial charge in [-0.05, 0) is 50.1 Å². The molecule has 2 unspecified atom stereocenters. The molecule has 1 amide bonds. The van der Waals surface area contributed by atoms with Crippen LogP contribution in [0.5, 0.6) is 5.75 Å². The van der Waals surface area contributed by atoms with Crippen LogP contribution >= 0.6 is 0 Å². The Morgan fingerprint density at radius 1 is 1.17 bits per heavy atom. The average molecular weight is 322 g/mol. The Morgan fingerprint density at radius 3 is 2.33 bits per heavy atom. The van der Waals surface area contributed by atoms with Crippen molar-refractivity contribution in [1.29, 1.82) is 5.26 Å². The third-order valence-electron chi connectivity index (χ3n) is 3.87. The minimum atomic E-state index is -0.613. The number of carbonyl (C=O) groups is 1. The van der Waals surface area contributed by atoms with Gasteiger partial charge in [0.2, 0.25) is 0 Å². The average Bonchev–Trinajstić information content (AvgIpc) is 2.61. The minimum Gasteiger partial charge on any atom is -0.481 e. The highest BCUT2D eigenvalue weighted by molar-refractivity contribution is 5.81. The molecule has 2 rings (SSSR count). The molecule has 1 N–H and O–H groups in total. The molecule has 0 aliphatic rings. The lowest BCUT2D eigenvalue weighted by Crippen LogP contribution is -2.38. The largest absolute Gasteiger partial charge is 0.481 e. The number of ether oxygens (including phenoxy) is 1. The molecule has 0 aromatic heterocycles. The maximum Gasteiger partial charge on any atom is 0.261 e. The monoisotopic (exact) mass is 322 g/mol. The second-order valence-corrected chi connectivity index (χ2v) is 5.78. The molecule has 0 radical (unpaired) electrons. The van der Waals surface area contributed by atoms with Crippen molar-refractivity contribution in [2.45, 2.75) is 39.3 Å². The van der Waals surface area contributed by atoms with Crippen molar-refractivity contribution in [3.63, 3.8) is 0 Å². The number of rotatable bonds is 6. The van der Waals surface area contributed by atoms with Crippen molar-refractivity contribution in [1.82, 2.24) is 5.32 Å². The number of benzene rings is 2. The molecule has 0 heterocycles. The second-order valence-electron chi connectivity index (χ2n) is 5.78. The van der Waals surface area contributed by atoms with Gasteiger partial charge in [-0.1, -0.05) is 36.8 Å². The molecule has 0 spiro atoms. The summed E-state index contributed by atoms with van der Waals surface area (Å²) in [6, 6.07) is 16.9. The molecule has 0 aliphatic heterocycles. The van der Waals surface area contributed by atoms with Crippen molar-refractivity contribution in [3.05, 3.63) is 65.2 Å². The summed E-state index contributed by atoms with van der Waals surface area (Å²) in [5, 5.41) is 11.8. The maximum atomic E-state index is 12.4. The molecule has 2 aromatic carbocycles. The molecule has 2 atom stereocenters. The van der Waals surface area contributed by atoms with E-state index in [1.165, 1.54) is 5.56 Å². The third-order valence-corrected chi connectivity index (χ3v) is 3.87. The number of nitrogens with zero attached hydrogens (tertiary/aromatic N) is 1. The Morgan fingerprint density at radius 2 is 1.79 bits per heavy atom. The van der Waals surface area contributed by atoms with Crippen LogP contribution in [0.1, 0.15) is 43.0 Å². The summed E-state index contributed by atoms with van der Waals surface area (Å²) >= 11 is 0. The van der Waals surface area contributed by atoms with Crippen molar-refractivity contribution < 1.29 is 9.53 Å². The lowest BCUT2D eigenvalue weighted by Gasteiger charge is -2.21. The van der Waals surface area contributed by atoms with Gasteiger partial charge in [-0.3, -0.25) is 4.79 Å². The lowest BCUT2D eigenvalue weighted by atomic mass is 10.0. The van der Waals surface area contributed by atoms with Crippen LogP contribution in [-0.4, -0.2) is 12.0 Å². The Bertz CT molecular complexity index is 715. The van der Waals surface area contributed by atoms with Crippen LogP contribution < -0.4 is 10.1 Å². The molecule has 0 aliphatic carbocycles. The standard InChI is InChI=1S/C20H22N2O2/c1-4-19(17-9-5-14(2)6-10-17)22-20(23)15(3)24-18-11-7-16(13-21)8-12-18/h5-12,15,19H,4H2,1-3H3,(H,22,23). The summed E-state index contributed by atoms with van der Waals surface area (Å²) in [6.45, 7) is 5.79. The zero-order valence-corrected chi connectivity index (χ0v) is 14.2. The summed E-state index contributed by atoms with van der Waals surface area (Å²) in [7, 11) is 0. The Kier molecular flexibility index (Phi) is 5.97. The first-order valence-corrected chi connectivity index (χ1v) is 8.07. The number of nitriles is 1. The molecule has 0 bridgehead atoms. The summed E-state index contributed by atoms with van der Waals surface area (Å²) < 4.78 is 5.65. The highest BCUT2D eigenvalue weighted by Crippen LogP contribution is 2.18. The van der Waals surface area contributed by atoms with Gasteiger partial charge in [-0.2, -0.15) is 5.26 Å². The smallest absolute Gasteiger partial charge is 0.261 e. The number of amides is 1. The lowest BCUT2D eigenvalue weighted by molar-refractivity contribution is -0.128. The Hall–Kier alpha value is -2.80. The molecule has 0 saturated carbocycles.